The monoisotopic (exact) mass is 499 g/mol. The van der Waals surface area contributed by atoms with Gasteiger partial charge in [0.05, 0.1) is 18.2 Å². The molecule has 5 rings (SSSR count). The van der Waals surface area contributed by atoms with Gasteiger partial charge < -0.3 is 20.5 Å². The van der Waals surface area contributed by atoms with Crippen molar-refractivity contribution in [3.05, 3.63) is 70.8 Å². The first kappa shape index (κ1) is 24.6. The summed E-state index contributed by atoms with van der Waals surface area (Å²) in [7, 11) is 0. The Kier molecular flexibility index (Phi) is 6.70. The molecule has 0 radical (unpaired) electrons. The number of carboxylic acid groups (broad SMARTS) is 1. The summed E-state index contributed by atoms with van der Waals surface area (Å²) in [5, 5.41) is 24.2. The van der Waals surface area contributed by atoms with Crippen molar-refractivity contribution in [2.75, 3.05) is 18.5 Å². The second-order valence-corrected chi connectivity index (χ2v) is 10.1. The van der Waals surface area contributed by atoms with Crippen LogP contribution < -0.4 is 15.4 Å². The number of hydrogen-bond acceptors (Lipinski definition) is 5. The van der Waals surface area contributed by atoms with E-state index in [0.717, 1.165) is 30.0 Å². The van der Waals surface area contributed by atoms with Crippen LogP contribution in [0.2, 0.25) is 0 Å². The van der Waals surface area contributed by atoms with Crippen LogP contribution in [0.1, 0.15) is 59.2 Å². The zero-order valence-electron chi connectivity index (χ0n) is 20.5. The predicted molar refractivity (Wildman–Crippen MR) is 136 cm³/mol. The van der Waals surface area contributed by atoms with E-state index in [9.17, 15) is 19.6 Å². The minimum atomic E-state index is -1.05. The van der Waals surface area contributed by atoms with Crippen LogP contribution >= 0.6 is 0 Å². The van der Waals surface area contributed by atoms with Crippen LogP contribution in [0.5, 0.6) is 5.75 Å². The fourth-order valence-corrected chi connectivity index (χ4v) is 5.37. The molecule has 0 aromatic heterocycles. The maximum atomic E-state index is 13.4. The molecule has 1 aliphatic heterocycles. The number of allylic oxidation sites excluding steroid dienone is 1. The highest BCUT2D eigenvalue weighted by Crippen LogP contribution is 2.61. The van der Waals surface area contributed by atoms with E-state index in [2.05, 4.69) is 16.7 Å². The Morgan fingerprint density at radius 1 is 1.19 bits per heavy atom. The van der Waals surface area contributed by atoms with Crippen molar-refractivity contribution in [2.45, 2.75) is 43.9 Å². The Hall–Kier alpha value is -4.12. The number of benzene rings is 2. The fraction of sp³-hybridized carbons (Fsp3) is 0.379. The minimum absolute atomic E-state index is 0.107. The Bertz CT molecular complexity index is 1320. The van der Waals surface area contributed by atoms with E-state index in [0.29, 0.717) is 60.9 Å². The third-order valence-electron chi connectivity index (χ3n) is 7.85. The van der Waals surface area contributed by atoms with Crippen molar-refractivity contribution in [3.63, 3.8) is 0 Å². The molecular formula is C29H29N3O5. The summed E-state index contributed by atoms with van der Waals surface area (Å²) in [6, 6.07) is 12.5. The van der Waals surface area contributed by atoms with Crippen LogP contribution in [0.15, 0.2) is 48.6 Å². The topological polar surface area (TPSA) is 129 Å². The number of amides is 2. The number of hydrogen-bond donors (Lipinski definition) is 3. The Morgan fingerprint density at radius 2 is 2.03 bits per heavy atom. The molecule has 2 fully saturated rings. The van der Waals surface area contributed by atoms with Crippen LogP contribution in [0.25, 0.3) is 0 Å². The van der Waals surface area contributed by atoms with Crippen molar-refractivity contribution < 1.29 is 24.2 Å². The molecule has 2 atom stereocenters. The van der Waals surface area contributed by atoms with Crippen molar-refractivity contribution in [3.8, 4) is 11.8 Å². The van der Waals surface area contributed by atoms with Gasteiger partial charge in [-0.05, 0) is 73.9 Å². The zero-order valence-corrected chi connectivity index (χ0v) is 20.5. The molecule has 1 spiro atoms. The standard InChI is InChI=1S/C29H29N3O5/c30-16-19-7-8-20(5-2-6-26(33)34)24(13-19)32-28(36)23-15-29(23)11-12-37-25-10-9-21(14-22(25)29)27(35)31-17-18-3-1-4-18/h2,6-10,13-14,18,23H,1,3-5,11-12,15,17H2,(H,31,35)(H,32,36)(H,33,34)/t23-,29-/m0/s1. The predicted octanol–water partition coefficient (Wildman–Crippen LogP) is 3.95. The van der Waals surface area contributed by atoms with E-state index < -0.39 is 11.4 Å². The normalized spacial score (nSPS) is 21.9. The van der Waals surface area contributed by atoms with Gasteiger partial charge in [-0.1, -0.05) is 18.6 Å². The van der Waals surface area contributed by atoms with Gasteiger partial charge in [0, 0.05) is 40.8 Å². The summed E-state index contributed by atoms with van der Waals surface area (Å²) < 4.78 is 5.86. The largest absolute Gasteiger partial charge is 0.493 e. The van der Waals surface area contributed by atoms with E-state index in [1.807, 2.05) is 12.1 Å². The highest BCUT2D eigenvalue weighted by atomic mass is 16.5. The number of anilines is 1. The molecule has 190 valence electrons. The van der Waals surface area contributed by atoms with Crippen LogP contribution in [0.3, 0.4) is 0 Å². The van der Waals surface area contributed by atoms with Gasteiger partial charge in [0.15, 0.2) is 0 Å². The molecule has 2 aromatic carbocycles. The summed E-state index contributed by atoms with van der Waals surface area (Å²) in [5.74, 6) is -0.333. The number of rotatable bonds is 8. The highest BCUT2D eigenvalue weighted by Gasteiger charge is 2.61. The van der Waals surface area contributed by atoms with Crippen LogP contribution in [0.4, 0.5) is 5.69 Å². The van der Waals surface area contributed by atoms with Crippen molar-refractivity contribution in [1.29, 1.82) is 5.26 Å². The number of carbonyl (C=O) groups excluding carboxylic acids is 2. The van der Waals surface area contributed by atoms with Gasteiger partial charge in [0.25, 0.3) is 5.91 Å². The molecule has 37 heavy (non-hydrogen) atoms. The number of nitrogens with zero attached hydrogens (tertiary/aromatic N) is 1. The van der Waals surface area contributed by atoms with Gasteiger partial charge >= 0.3 is 5.97 Å². The molecular weight excluding hydrogens is 470 g/mol. The maximum Gasteiger partial charge on any atom is 0.327 e. The quantitative estimate of drug-likeness (QED) is 0.472. The van der Waals surface area contributed by atoms with E-state index in [4.69, 9.17) is 9.84 Å². The number of nitriles is 1. The van der Waals surface area contributed by atoms with Gasteiger partial charge in [-0.2, -0.15) is 5.26 Å². The first-order valence-corrected chi connectivity index (χ1v) is 12.7. The lowest BCUT2D eigenvalue weighted by Crippen LogP contribution is -2.32. The number of ether oxygens (including phenoxy) is 1. The zero-order chi connectivity index (χ0) is 26.0. The molecule has 0 unspecified atom stereocenters. The average Bonchev–Trinajstić information content (AvgIpc) is 3.58. The summed E-state index contributed by atoms with van der Waals surface area (Å²) in [6.07, 6.45) is 7.73. The van der Waals surface area contributed by atoms with Crippen molar-refractivity contribution in [1.82, 2.24) is 5.32 Å². The van der Waals surface area contributed by atoms with Crippen molar-refractivity contribution in [2.24, 2.45) is 11.8 Å². The van der Waals surface area contributed by atoms with Crippen molar-refractivity contribution >= 4 is 23.5 Å². The Morgan fingerprint density at radius 3 is 2.76 bits per heavy atom. The third kappa shape index (κ3) is 5.08. The minimum Gasteiger partial charge on any atom is -0.493 e. The first-order valence-electron chi connectivity index (χ1n) is 12.7. The van der Waals surface area contributed by atoms with Gasteiger partial charge in [-0.3, -0.25) is 9.59 Å². The summed E-state index contributed by atoms with van der Waals surface area (Å²) in [5.41, 5.74) is 2.70. The van der Waals surface area contributed by atoms with Gasteiger partial charge in [0.2, 0.25) is 5.91 Å². The van der Waals surface area contributed by atoms with E-state index in [1.54, 1.807) is 24.3 Å². The lowest BCUT2D eigenvalue weighted by Gasteiger charge is -2.28. The molecule has 8 nitrogen and oxygen atoms in total. The number of nitrogens with one attached hydrogen (secondary N) is 2. The number of fused-ring (bicyclic) bond motifs is 2. The molecule has 3 aliphatic rings. The SMILES string of the molecule is N#Cc1ccc(CC=CC(=O)O)c(NC(=O)[C@@H]2C[C@]23CCOc2ccc(C(=O)NCC4CCC4)cc23)c1. The van der Waals surface area contributed by atoms with Gasteiger partial charge in [-0.15, -0.1) is 0 Å². The first-order chi connectivity index (χ1) is 17.9. The van der Waals surface area contributed by atoms with E-state index >= 15 is 0 Å². The molecule has 1 heterocycles. The lowest BCUT2D eigenvalue weighted by molar-refractivity contribution is -0.131. The smallest absolute Gasteiger partial charge is 0.327 e. The van der Waals surface area contributed by atoms with E-state index in [1.165, 1.54) is 12.5 Å². The fourth-order valence-electron chi connectivity index (χ4n) is 5.37. The third-order valence-corrected chi connectivity index (χ3v) is 7.85. The molecule has 2 aromatic rings. The number of carbonyl (C=O) groups is 3. The summed E-state index contributed by atoms with van der Waals surface area (Å²) >= 11 is 0. The Labute approximate surface area is 215 Å². The highest BCUT2D eigenvalue weighted by molar-refractivity contribution is 5.98. The van der Waals surface area contributed by atoms with Crippen LogP contribution in [-0.2, 0) is 21.4 Å². The van der Waals surface area contributed by atoms with Crippen LogP contribution in [0, 0.1) is 23.2 Å². The Balaban J connectivity index is 1.33. The summed E-state index contributed by atoms with van der Waals surface area (Å²) in [4.78, 5) is 37.0. The molecule has 2 amide bonds. The molecule has 3 N–H and O–H groups in total. The lowest BCUT2D eigenvalue weighted by atomic mass is 9.85. The molecule has 0 bridgehead atoms. The average molecular weight is 500 g/mol. The van der Waals surface area contributed by atoms with Gasteiger partial charge in [0.1, 0.15) is 5.75 Å². The maximum absolute atomic E-state index is 13.4. The van der Waals surface area contributed by atoms with Gasteiger partial charge in [-0.25, -0.2) is 4.79 Å². The second kappa shape index (κ2) is 10.1. The molecule has 2 saturated carbocycles. The molecule has 0 saturated heterocycles. The molecule has 8 heteroatoms. The number of aliphatic carboxylic acids is 1. The second-order valence-electron chi connectivity index (χ2n) is 10.1. The number of carboxylic acids is 1. The van der Waals surface area contributed by atoms with E-state index in [-0.39, 0.29) is 17.7 Å². The summed E-state index contributed by atoms with van der Waals surface area (Å²) in [6.45, 7) is 1.19. The molecule has 2 aliphatic carbocycles. The van der Waals surface area contributed by atoms with Crippen LogP contribution in [-0.4, -0.2) is 36.0 Å².